The maximum Gasteiger partial charge on any atom is 0.350 e. The van der Waals surface area contributed by atoms with Gasteiger partial charge in [-0.3, -0.25) is 0 Å². The van der Waals surface area contributed by atoms with Crippen LogP contribution in [0.5, 0.6) is 0 Å². The van der Waals surface area contributed by atoms with Crippen molar-refractivity contribution in [3.8, 4) is 10.4 Å². The van der Waals surface area contributed by atoms with Crippen LogP contribution in [-0.4, -0.2) is 12.6 Å². The van der Waals surface area contributed by atoms with Crippen LogP contribution in [0.15, 0.2) is 18.2 Å². The third-order valence-electron chi connectivity index (χ3n) is 3.17. The van der Waals surface area contributed by atoms with Gasteiger partial charge in [0.05, 0.1) is 12.3 Å². The van der Waals surface area contributed by atoms with Crippen LogP contribution in [0.2, 0.25) is 5.02 Å². The fourth-order valence-corrected chi connectivity index (χ4v) is 3.36. The van der Waals surface area contributed by atoms with Gasteiger partial charge in [-0.05, 0) is 43.5 Å². The summed E-state index contributed by atoms with van der Waals surface area (Å²) in [5.41, 5.74) is 9.40. The summed E-state index contributed by atoms with van der Waals surface area (Å²) in [4.78, 5) is 13.3. The Hall–Kier alpha value is -1.52. The number of carbonyl (C=O) groups excluding carboxylic acids is 1. The lowest BCUT2D eigenvalue weighted by Gasteiger charge is -2.06. The van der Waals surface area contributed by atoms with Crippen molar-refractivity contribution in [1.29, 1.82) is 0 Å². The van der Waals surface area contributed by atoms with E-state index >= 15 is 0 Å². The number of thiophene rings is 1. The minimum atomic E-state index is -0.371. The lowest BCUT2D eigenvalue weighted by Crippen LogP contribution is -2.05. The average molecular weight is 310 g/mol. The van der Waals surface area contributed by atoms with Gasteiger partial charge in [-0.1, -0.05) is 23.7 Å². The topological polar surface area (TPSA) is 52.3 Å². The summed E-state index contributed by atoms with van der Waals surface area (Å²) in [5.74, 6) is -0.371. The molecule has 2 N–H and O–H groups in total. The molecule has 1 aromatic carbocycles. The molecule has 0 spiro atoms. The summed E-state index contributed by atoms with van der Waals surface area (Å²) >= 11 is 7.51. The smallest absolute Gasteiger partial charge is 0.350 e. The van der Waals surface area contributed by atoms with Gasteiger partial charge >= 0.3 is 5.97 Å². The van der Waals surface area contributed by atoms with Crippen molar-refractivity contribution >= 4 is 34.6 Å². The number of esters is 1. The molecule has 0 aliphatic carbocycles. The van der Waals surface area contributed by atoms with E-state index in [9.17, 15) is 4.79 Å². The molecule has 5 heteroatoms. The van der Waals surface area contributed by atoms with Crippen molar-refractivity contribution in [2.24, 2.45) is 0 Å². The van der Waals surface area contributed by atoms with Crippen LogP contribution in [0.1, 0.15) is 27.7 Å². The zero-order valence-corrected chi connectivity index (χ0v) is 13.2. The Balaban J connectivity index is 2.56. The number of rotatable bonds is 3. The van der Waals surface area contributed by atoms with E-state index < -0.39 is 0 Å². The molecule has 0 fully saturated rings. The highest BCUT2D eigenvalue weighted by atomic mass is 35.5. The molecule has 2 aromatic rings. The molecule has 0 bridgehead atoms. The van der Waals surface area contributed by atoms with Gasteiger partial charge in [0.2, 0.25) is 0 Å². The molecule has 20 heavy (non-hydrogen) atoms. The molecule has 2 rings (SSSR count). The van der Waals surface area contributed by atoms with Crippen LogP contribution in [0, 0.1) is 13.8 Å². The van der Waals surface area contributed by atoms with E-state index in [1.807, 2.05) is 32.0 Å². The first-order valence-electron chi connectivity index (χ1n) is 6.28. The maximum atomic E-state index is 11.9. The normalized spacial score (nSPS) is 10.6. The lowest BCUT2D eigenvalue weighted by molar-refractivity contribution is 0.0533. The molecular formula is C15H16ClNO2S. The lowest BCUT2D eigenvalue weighted by atomic mass is 10.0. The second-order valence-corrected chi connectivity index (χ2v) is 5.86. The Kier molecular flexibility index (Phi) is 4.35. The molecular weight excluding hydrogens is 294 g/mol. The highest BCUT2D eigenvalue weighted by Gasteiger charge is 2.21. The van der Waals surface area contributed by atoms with Crippen molar-refractivity contribution in [1.82, 2.24) is 0 Å². The Morgan fingerprint density at radius 1 is 1.35 bits per heavy atom. The number of ether oxygens (including phenoxy) is 1. The first-order valence-corrected chi connectivity index (χ1v) is 7.48. The monoisotopic (exact) mass is 309 g/mol. The number of nitrogens with two attached hydrogens (primary N) is 1. The molecule has 0 atom stereocenters. The summed E-state index contributed by atoms with van der Waals surface area (Å²) in [7, 11) is 0. The van der Waals surface area contributed by atoms with E-state index in [0.717, 1.165) is 21.6 Å². The Bertz CT molecular complexity index is 664. The van der Waals surface area contributed by atoms with E-state index in [2.05, 4.69) is 0 Å². The van der Waals surface area contributed by atoms with E-state index in [0.29, 0.717) is 22.2 Å². The van der Waals surface area contributed by atoms with Gasteiger partial charge in [0.1, 0.15) is 4.88 Å². The molecule has 0 aliphatic rings. The van der Waals surface area contributed by atoms with Crippen LogP contribution in [0.25, 0.3) is 10.4 Å². The SMILES string of the molecule is CCOC(=O)c1sc(-c2cccc(Cl)c2C)c(C)c1N. The summed E-state index contributed by atoms with van der Waals surface area (Å²) in [6, 6.07) is 5.72. The average Bonchev–Trinajstić information content (AvgIpc) is 2.70. The van der Waals surface area contributed by atoms with Crippen LogP contribution in [-0.2, 0) is 4.74 Å². The highest BCUT2D eigenvalue weighted by molar-refractivity contribution is 7.18. The second kappa shape index (κ2) is 5.85. The van der Waals surface area contributed by atoms with Crippen LogP contribution < -0.4 is 5.73 Å². The van der Waals surface area contributed by atoms with Gasteiger partial charge < -0.3 is 10.5 Å². The molecule has 3 nitrogen and oxygen atoms in total. The molecule has 0 unspecified atom stereocenters. The van der Waals surface area contributed by atoms with Crippen LogP contribution in [0.3, 0.4) is 0 Å². The van der Waals surface area contributed by atoms with Crippen molar-refractivity contribution in [2.45, 2.75) is 20.8 Å². The largest absolute Gasteiger partial charge is 0.462 e. The molecule has 1 heterocycles. The molecule has 0 aliphatic heterocycles. The van der Waals surface area contributed by atoms with Gasteiger partial charge in [-0.25, -0.2) is 4.79 Å². The van der Waals surface area contributed by atoms with Crippen molar-refractivity contribution in [2.75, 3.05) is 12.3 Å². The van der Waals surface area contributed by atoms with Crippen molar-refractivity contribution in [3.63, 3.8) is 0 Å². The van der Waals surface area contributed by atoms with E-state index in [1.165, 1.54) is 11.3 Å². The molecule has 1 aromatic heterocycles. The zero-order chi connectivity index (χ0) is 14.9. The van der Waals surface area contributed by atoms with Gasteiger partial charge in [-0.15, -0.1) is 11.3 Å². The summed E-state index contributed by atoms with van der Waals surface area (Å²) in [6.45, 7) is 5.97. The number of anilines is 1. The number of hydrogen-bond acceptors (Lipinski definition) is 4. The second-order valence-electron chi connectivity index (χ2n) is 4.43. The molecule has 0 saturated carbocycles. The Morgan fingerprint density at radius 3 is 2.70 bits per heavy atom. The van der Waals surface area contributed by atoms with Crippen molar-refractivity contribution in [3.05, 3.63) is 39.2 Å². The van der Waals surface area contributed by atoms with Crippen molar-refractivity contribution < 1.29 is 9.53 Å². The Labute approximate surface area is 127 Å². The summed E-state index contributed by atoms with van der Waals surface area (Å²) in [6.07, 6.45) is 0. The number of halogens is 1. The van der Waals surface area contributed by atoms with E-state index in [1.54, 1.807) is 6.92 Å². The first-order chi connectivity index (χ1) is 9.47. The third-order valence-corrected chi connectivity index (χ3v) is 4.90. The molecule has 0 saturated heterocycles. The number of benzene rings is 1. The van der Waals surface area contributed by atoms with Crippen LogP contribution in [0.4, 0.5) is 5.69 Å². The van der Waals surface area contributed by atoms with Gasteiger partial charge in [0.25, 0.3) is 0 Å². The minimum absolute atomic E-state index is 0.334. The zero-order valence-electron chi connectivity index (χ0n) is 11.6. The predicted octanol–water partition coefficient (Wildman–Crippen LogP) is 4.44. The van der Waals surface area contributed by atoms with E-state index in [-0.39, 0.29) is 5.97 Å². The van der Waals surface area contributed by atoms with Gasteiger partial charge in [-0.2, -0.15) is 0 Å². The highest BCUT2D eigenvalue weighted by Crippen LogP contribution is 2.40. The van der Waals surface area contributed by atoms with E-state index in [4.69, 9.17) is 22.1 Å². The number of carbonyl (C=O) groups is 1. The third kappa shape index (κ3) is 2.53. The predicted molar refractivity (Wildman–Crippen MR) is 84.6 cm³/mol. The molecule has 0 radical (unpaired) electrons. The maximum absolute atomic E-state index is 11.9. The molecule has 106 valence electrons. The fourth-order valence-electron chi connectivity index (χ4n) is 1.98. The van der Waals surface area contributed by atoms with Gasteiger partial charge in [0, 0.05) is 9.90 Å². The quantitative estimate of drug-likeness (QED) is 0.852. The standard InChI is InChI=1S/C15H16ClNO2S/c1-4-19-15(18)14-12(17)9(3)13(20-14)10-6-5-7-11(16)8(10)2/h5-7H,4,17H2,1-3H3. The van der Waals surface area contributed by atoms with Gasteiger partial charge in [0.15, 0.2) is 0 Å². The first kappa shape index (κ1) is 14.9. The fraction of sp³-hybridized carbons (Fsp3) is 0.267. The minimum Gasteiger partial charge on any atom is -0.462 e. The number of nitrogen functional groups attached to an aromatic ring is 1. The number of hydrogen-bond donors (Lipinski definition) is 1. The summed E-state index contributed by atoms with van der Waals surface area (Å²) < 4.78 is 5.03. The molecule has 0 amide bonds. The Morgan fingerprint density at radius 2 is 2.05 bits per heavy atom. The van der Waals surface area contributed by atoms with Crippen LogP contribution >= 0.6 is 22.9 Å². The summed E-state index contributed by atoms with van der Waals surface area (Å²) in [5, 5.41) is 0.701.